The topological polar surface area (TPSA) is 185 Å². The van der Waals surface area contributed by atoms with Crippen LogP contribution in [-0.4, -0.2) is 69.9 Å². The zero-order chi connectivity index (χ0) is 22.6. The molecular weight excluding hydrogens is 434 g/mol. The lowest BCUT2D eigenvalue weighted by molar-refractivity contribution is -0.118. The predicted molar refractivity (Wildman–Crippen MR) is 122 cm³/mol. The van der Waals surface area contributed by atoms with E-state index in [4.69, 9.17) is 9.11 Å². The van der Waals surface area contributed by atoms with E-state index in [1.807, 2.05) is 0 Å². The number of ketones is 1. The van der Waals surface area contributed by atoms with Crippen LogP contribution in [0, 0.1) is 0 Å². The number of rotatable bonds is 18. The molecular formula is C18H43N3O7S2. The lowest BCUT2D eigenvalue weighted by Crippen LogP contribution is -2.28. The van der Waals surface area contributed by atoms with E-state index >= 15 is 0 Å². The van der Waals surface area contributed by atoms with Gasteiger partial charge in [0.2, 0.25) is 0 Å². The molecule has 0 radical (unpaired) electrons. The Morgan fingerprint density at radius 1 is 0.767 bits per heavy atom. The van der Waals surface area contributed by atoms with E-state index < -0.39 is 20.2 Å². The maximum atomic E-state index is 11.5. The van der Waals surface area contributed by atoms with E-state index in [-0.39, 0.29) is 36.5 Å². The summed E-state index contributed by atoms with van der Waals surface area (Å²) in [5.41, 5.74) is 0. The van der Waals surface area contributed by atoms with Crippen LogP contribution in [0.25, 0.3) is 0 Å². The Balaban J connectivity index is -0.000000686. The summed E-state index contributed by atoms with van der Waals surface area (Å²) in [5.74, 6) is -0.463. The van der Waals surface area contributed by atoms with E-state index in [1.165, 1.54) is 44.9 Å². The van der Waals surface area contributed by atoms with Gasteiger partial charge in [0.15, 0.2) is 0 Å². The molecule has 30 heavy (non-hydrogen) atoms. The first-order valence-electron chi connectivity index (χ1n) is 10.3. The van der Waals surface area contributed by atoms with Crippen molar-refractivity contribution < 1.29 is 30.7 Å². The summed E-state index contributed by atoms with van der Waals surface area (Å²) < 4.78 is 57.3. The summed E-state index contributed by atoms with van der Waals surface area (Å²) in [5, 5.41) is 5.32. The average Bonchev–Trinajstić information content (AvgIpc) is 2.61. The van der Waals surface area contributed by atoms with Gasteiger partial charge in [-0.1, -0.05) is 58.3 Å². The first-order valence-corrected chi connectivity index (χ1v) is 13.5. The van der Waals surface area contributed by atoms with Crippen LogP contribution in [0.1, 0.15) is 71.1 Å². The van der Waals surface area contributed by atoms with Crippen LogP contribution in [0.3, 0.4) is 0 Å². The molecule has 0 aromatic heterocycles. The molecule has 0 saturated carbocycles. The molecule has 10 nitrogen and oxygen atoms in total. The van der Waals surface area contributed by atoms with Crippen LogP contribution in [0.4, 0.5) is 0 Å². The highest BCUT2D eigenvalue weighted by Crippen LogP contribution is 2.10. The van der Waals surface area contributed by atoms with Gasteiger partial charge in [0.1, 0.15) is 5.78 Å². The van der Waals surface area contributed by atoms with Crippen molar-refractivity contribution in [3.05, 3.63) is 0 Å². The van der Waals surface area contributed by atoms with E-state index in [9.17, 15) is 21.6 Å². The van der Waals surface area contributed by atoms with Crippen molar-refractivity contribution in [3.63, 3.8) is 0 Å². The molecule has 0 saturated heterocycles. The van der Waals surface area contributed by atoms with Crippen LogP contribution in [0.15, 0.2) is 0 Å². The van der Waals surface area contributed by atoms with E-state index in [1.54, 1.807) is 7.05 Å². The summed E-state index contributed by atoms with van der Waals surface area (Å²) in [4.78, 5) is 11.5. The fourth-order valence-electron chi connectivity index (χ4n) is 2.38. The van der Waals surface area contributed by atoms with E-state index in [0.717, 1.165) is 12.8 Å². The molecule has 7 N–H and O–H groups in total. The number of hydrogen-bond donors (Lipinski definition) is 5. The van der Waals surface area contributed by atoms with Crippen molar-refractivity contribution in [2.75, 3.05) is 38.2 Å². The highest BCUT2D eigenvalue weighted by Gasteiger charge is 2.05. The summed E-state index contributed by atoms with van der Waals surface area (Å²) in [6, 6.07) is 0. The molecule has 0 aliphatic carbocycles. The van der Waals surface area contributed by atoms with Gasteiger partial charge in [-0.15, -0.1) is 0 Å². The van der Waals surface area contributed by atoms with Crippen molar-refractivity contribution in [2.24, 2.45) is 0 Å². The third-order valence-corrected chi connectivity index (χ3v) is 5.47. The van der Waals surface area contributed by atoms with Crippen LogP contribution in [0.2, 0.25) is 0 Å². The Labute approximate surface area is 183 Å². The van der Waals surface area contributed by atoms with E-state index in [2.05, 4.69) is 17.6 Å². The molecule has 0 aromatic carbocycles. The summed E-state index contributed by atoms with van der Waals surface area (Å²) in [6.45, 7) is 2.81. The standard InChI is InChI=1S/C15H31NO4S.C3H9NO3S.H3N/c1-2-3-4-5-6-7-8-9-10-11-15(17)14-16-12-13-21(18,19)20;1-4-2-3-8(5,6)7;/h16H,2-14H2,1H3,(H,18,19,20);4H,2-3H2,1H3,(H,5,6,7);1H3. The van der Waals surface area contributed by atoms with E-state index in [0.29, 0.717) is 13.0 Å². The number of carbonyl (C=O) groups is 1. The first-order chi connectivity index (χ1) is 13.5. The molecule has 0 heterocycles. The summed E-state index contributed by atoms with van der Waals surface area (Å²) in [6.07, 6.45) is 11.6. The highest BCUT2D eigenvalue weighted by molar-refractivity contribution is 7.86. The number of unbranched alkanes of at least 4 members (excludes halogenated alkanes) is 8. The Morgan fingerprint density at radius 2 is 1.20 bits per heavy atom. The molecule has 184 valence electrons. The molecule has 12 heteroatoms. The zero-order valence-electron chi connectivity index (χ0n) is 18.6. The molecule has 0 amide bonds. The molecule has 0 unspecified atom stereocenters. The minimum Gasteiger partial charge on any atom is -0.344 e. The van der Waals surface area contributed by atoms with Gasteiger partial charge >= 0.3 is 0 Å². The third kappa shape index (κ3) is 34.8. The van der Waals surface area contributed by atoms with Gasteiger partial charge in [-0.25, -0.2) is 0 Å². The van der Waals surface area contributed by atoms with Gasteiger partial charge in [0.05, 0.1) is 18.1 Å². The second-order valence-corrected chi connectivity index (χ2v) is 10.1. The van der Waals surface area contributed by atoms with Crippen LogP contribution < -0.4 is 16.8 Å². The van der Waals surface area contributed by atoms with Crippen molar-refractivity contribution in [1.82, 2.24) is 16.8 Å². The fourth-order valence-corrected chi connectivity index (χ4v) is 3.25. The van der Waals surface area contributed by atoms with Crippen LogP contribution >= 0.6 is 0 Å². The fraction of sp³-hybridized carbons (Fsp3) is 0.944. The van der Waals surface area contributed by atoms with Gasteiger partial charge in [-0.2, -0.15) is 16.8 Å². The normalized spacial score (nSPS) is 11.3. The highest BCUT2D eigenvalue weighted by atomic mass is 32.2. The second-order valence-electron chi connectivity index (χ2n) is 6.97. The van der Waals surface area contributed by atoms with Gasteiger partial charge in [0, 0.05) is 19.5 Å². The summed E-state index contributed by atoms with van der Waals surface area (Å²) >= 11 is 0. The van der Waals surface area contributed by atoms with Crippen molar-refractivity contribution >= 4 is 26.0 Å². The smallest absolute Gasteiger partial charge is 0.266 e. The Morgan fingerprint density at radius 3 is 1.60 bits per heavy atom. The van der Waals surface area contributed by atoms with Crippen molar-refractivity contribution in [1.29, 1.82) is 0 Å². The largest absolute Gasteiger partial charge is 0.344 e. The monoisotopic (exact) mass is 477 g/mol. The molecule has 0 spiro atoms. The van der Waals surface area contributed by atoms with Gasteiger partial charge in [-0.3, -0.25) is 13.9 Å². The van der Waals surface area contributed by atoms with Crippen LogP contribution in [-0.2, 0) is 25.0 Å². The minimum atomic E-state index is -3.93. The van der Waals surface area contributed by atoms with Gasteiger partial charge in [0.25, 0.3) is 20.2 Å². The Hall–Kier alpha value is -0.630. The lowest BCUT2D eigenvalue weighted by Gasteiger charge is -2.04. The molecule has 0 aliphatic heterocycles. The van der Waals surface area contributed by atoms with Crippen molar-refractivity contribution in [3.8, 4) is 0 Å². The quantitative estimate of drug-likeness (QED) is 0.145. The van der Waals surface area contributed by atoms with Gasteiger partial charge < -0.3 is 16.8 Å². The lowest BCUT2D eigenvalue weighted by atomic mass is 10.1. The van der Waals surface area contributed by atoms with Crippen LogP contribution in [0.5, 0.6) is 0 Å². The number of hydrogen-bond acceptors (Lipinski definition) is 8. The minimum absolute atomic E-state index is 0. The predicted octanol–water partition coefficient (Wildman–Crippen LogP) is 2.21. The van der Waals surface area contributed by atoms with Gasteiger partial charge in [-0.05, 0) is 13.5 Å². The van der Waals surface area contributed by atoms with Crippen molar-refractivity contribution in [2.45, 2.75) is 71.1 Å². The molecule has 0 aromatic rings. The number of nitrogens with one attached hydrogen (secondary N) is 2. The molecule has 0 rings (SSSR count). The third-order valence-electron chi connectivity index (χ3n) is 4.03. The SMILES string of the molecule is CCCCCCCCCCCC(=O)CNCCS(=O)(=O)O.CNCCS(=O)(=O)O.N. The molecule has 0 fully saturated rings. The Bertz CT molecular complexity index is 597. The zero-order valence-corrected chi connectivity index (χ0v) is 20.2. The maximum absolute atomic E-state index is 11.5. The number of carbonyl (C=O) groups excluding carboxylic acids is 1. The Kier molecular flexibility index (Phi) is 24.5. The number of Topliss-reactive ketones (excluding diaryl/α,β-unsaturated/α-hetero) is 1. The molecule has 0 aliphatic rings. The summed E-state index contributed by atoms with van der Waals surface area (Å²) in [7, 11) is -6.06. The molecule has 0 bridgehead atoms. The first kappa shape index (κ1) is 34.0. The average molecular weight is 478 g/mol. The second kappa shape index (κ2) is 21.6. The molecule has 0 atom stereocenters. The maximum Gasteiger partial charge on any atom is 0.266 e.